The predicted molar refractivity (Wildman–Crippen MR) is 88.8 cm³/mol. The van der Waals surface area contributed by atoms with E-state index in [1.165, 1.54) is 6.42 Å². The number of carbonyl (C=O) groups is 1. The van der Waals surface area contributed by atoms with Crippen LogP contribution in [-0.4, -0.2) is 54.4 Å². The zero-order valence-corrected chi connectivity index (χ0v) is 14.2. The van der Waals surface area contributed by atoms with Crippen molar-refractivity contribution < 1.29 is 9.90 Å². The van der Waals surface area contributed by atoms with E-state index in [2.05, 4.69) is 29.4 Å². The third-order valence-corrected chi connectivity index (χ3v) is 4.91. The van der Waals surface area contributed by atoms with E-state index in [0.717, 1.165) is 58.3 Å². The van der Waals surface area contributed by atoms with Crippen LogP contribution in [-0.2, 0) is 0 Å². The molecule has 0 aromatic rings. The molecule has 1 aliphatic heterocycles. The highest BCUT2D eigenvalue weighted by molar-refractivity contribution is 5.73. The lowest BCUT2D eigenvalue weighted by atomic mass is 9.85. The number of urea groups is 1. The van der Waals surface area contributed by atoms with Crippen LogP contribution < -0.4 is 10.6 Å². The van der Waals surface area contributed by atoms with Gasteiger partial charge in [0.05, 0.1) is 5.60 Å². The molecule has 128 valence electrons. The maximum atomic E-state index is 11.9. The van der Waals surface area contributed by atoms with Crippen molar-refractivity contribution in [2.45, 2.75) is 58.0 Å². The first-order chi connectivity index (χ1) is 10.5. The summed E-state index contributed by atoms with van der Waals surface area (Å²) in [6, 6.07) is -0.138. The van der Waals surface area contributed by atoms with Crippen molar-refractivity contribution in [3.63, 3.8) is 0 Å². The Kier molecular flexibility index (Phi) is 6.50. The predicted octanol–water partition coefficient (Wildman–Crippen LogP) is 1.96. The van der Waals surface area contributed by atoms with Crippen molar-refractivity contribution in [3.05, 3.63) is 0 Å². The van der Waals surface area contributed by atoms with E-state index in [9.17, 15) is 9.90 Å². The molecule has 1 saturated heterocycles. The summed E-state index contributed by atoms with van der Waals surface area (Å²) in [5, 5.41) is 16.2. The highest BCUT2D eigenvalue weighted by Gasteiger charge is 2.29. The number of nitrogens with one attached hydrogen (secondary N) is 2. The topological polar surface area (TPSA) is 64.6 Å². The van der Waals surface area contributed by atoms with E-state index in [1.807, 2.05) is 0 Å². The Hall–Kier alpha value is -0.810. The van der Waals surface area contributed by atoms with Crippen LogP contribution in [0.25, 0.3) is 0 Å². The number of amides is 2. The summed E-state index contributed by atoms with van der Waals surface area (Å²) in [7, 11) is 0. The molecule has 2 fully saturated rings. The van der Waals surface area contributed by atoms with Crippen molar-refractivity contribution in [1.29, 1.82) is 0 Å². The second-order valence-electron chi connectivity index (χ2n) is 7.66. The minimum absolute atomic E-state index is 0.138. The van der Waals surface area contributed by atoms with E-state index < -0.39 is 5.60 Å². The van der Waals surface area contributed by atoms with Gasteiger partial charge in [-0.15, -0.1) is 0 Å². The third kappa shape index (κ3) is 5.76. The van der Waals surface area contributed by atoms with Gasteiger partial charge >= 0.3 is 6.03 Å². The van der Waals surface area contributed by atoms with Gasteiger partial charge in [0.15, 0.2) is 0 Å². The van der Waals surface area contributed by atoms with Gasteiger partial charge in [-0.1, -0.05) is 33.1 Å². The summed E-state index contributed by atoms with van der Waals surface area (Å²) in [5.74, 6) is 1.26. The summed E-state index contributed by atoms with van der Waals surface area (Å²) in [4.78, 5) is 14.4. The first kappa shape index (κ1) is 17.5. The third-order valence-electron chi connectivity index (χ3n) is 4.91. The van der Waals surface area contributed by atoms with Crippen molar-refractivity contribution in [1.82, 2.24) is 15.5 Å². The fourth-order valence-electron chi connectivity index (χ4n) is 3.69. The Bertz CT molecular complexity index is 354. The van der Waals surface area contributed by atoms with E-state index >= 15 is 0 Å². The van der Waals surface area contributed by atoms with Crippen LogP contribution in [0.3, 0.4) is 0 Å². The number of hydrogen-bond acceptors (Lipinski definition) is 3. The molecule has 5 nitrogen and oxygen atoms in total. The molecule has 3 N–H and O–H groups in total. The van der Waals surface area contributed by atoms with E-state index in [-0.39, 0.29) is 6.03 Å². The molecule has 0 aromatic heterocycles. The molecular weight excluding hydrogens is 278 g/mol. The molecule has 0 spiro atoms. The van der Waals surface area contributed by atoms with Gasteiger partial charge in [0, 0.05) is 26.2 Å². The lowest BCUT2D eigenvalue weighted by Gasteiger charge is -2.32. The molecule has 1 aliphatic carbocycles. The zero-order valence-electron chi connectivity index (χ0n) is 14.2. The molecule has 0 aromatic carbocycles. The number of carbonyl (C=O) groups excluding carboxylic acids is 1. The molecule has 22 heavy (non-hydrogen) atoms. The van der Waals surface area contributed by atoms with Gasteiger partial charge in [0.25, 0.3) is 0 Å². The largest absolute Gasteiger partial charge is 0.388 e. The number of rotatable bonds is 6. The average molecular weight is 311 g/mol. The number of nitrogens with zero attached hydrogens (tertiary/aromatic N) is 1. The van der Waals surface area contributed by atoms with Crippen LogP contribution in [0.15, 0.2) is 0 Å². The second-order valence-corrected chi connectivity index (χ2v) is 7.66. The normalized spacial score (nSPS) is 25.4. The monoisotopic (exact) mass is 311 g/mol. The van der Waals surface area contributed by atoms with Gasteiger partial charge in [0.1, 0.15) is 0 Å². The fourth-order valence-corrected chi connectivity index (χ4v) is 3.69. The Morgan fingerprint density at radius 3 is 2.68 bits per heavy atom. The number of aliphatic hydroxyl groups is 1. The maximum absolute atomic E-state index is 11.9. The smallest absolute Gasteiger partial charge is 0.314 e. The Morgan fingerprint density at radius 2 is 2.00 bits per heavy atom. The summed E-state index contributed by atoms with van der Waals surface area (Å²) in [5.41, 5.74) is -0.684. The molecule has 2 amide bonds. The van der Waals surface area contributed by atoms with Gasteiger partial charge in [-0.05, 0) is 37.6 Å². The summed E-state index contributed by atoms with van der Waals surface area (Å²) in [6.45, 7) is 8.98. The van der Waals surface area contributed by atoms with Gasteiger partial charge in [-0.25, -0.2) is 4.79 Å². The molecule has 0 radical (unpaired) electrons. The minimum Gasteiger partial charge on any atom is -0.388 e. The molecule has 1 atom stereocenters. The Labute approximate surface area is 134 Å². The van der Waals surface area contributed by atoms with Crippen LogP contribution in [0.1, 0.15) is 52.4 Å². The van der Waals surface area contributed by atoms with Crippen molar-refractivity contribution >= 4 is 6.03 Å². The van der Waals surface area contributed by atoms with E-state index in [0.29, 0.717) is 18.4 Å². The van der Waals surface area contributed by atoms with Crippen molar-refractivity contribution in [3.8, 4) is 0 Å². The van der Waals surface area contributed by atoms with Crippen LogP contribution in [0.5, 0.6) is 0 Å². The Balaban J connectivity index is 1.60. The quantitative estimate of drug-likeness (QED) is 0.702. The minimum atomic E-state index is -0.684. The molecule has 2 rings (SSSR count). The molecule has 2 aliphatic rings. The van der Waals surface area contributed by atoms with Crippen LogP contribution in [0.2, 0.25) is 0 Å². The molecule has 0 bridgehead atoms. The van der Waals surface area contributed by atoms with E-state index in [1.54, 1.807) is 0 Å². The Morgan fingerprint density at radius 1 is 1.27 bits per heavy atom. The van der Waals surface area contributed by atoms with Crippen molar-refractivity contribution in [2.75, 3.05) is 32.7 Å². The zero-order chi connectivity index (χ0) is 16.0. The molecule has 5 heteroatoms. The SMILES string of the molecule is CC(C)CN1CCC(CNC(=O)NCC2(O)CCCCC2)C1. The molecule has 1 heterocycles. The molecule has 1 saturated carbocycles. The molecular formula is C17H33N3O2. The lowest BCUT2D eigenvalue weighted by Crippen LogP contribution is -2.48. The highest BCUT2D eigenvalue weighted by atomic mass is 16.3. The first-order valence-electron chi connectivity index (χ1n) is 8.93. The second kappa shape index (κ2) is 8.16. The fraction of sp³-hybridized carbons (Fsp3) is 0.941. The van der Waals surface area contributed by atoms with Gasteiger partial charge in [0.2, 0.25) is 0 Å². The standard InChI is InChI=1S/C17H33N3O2/c1-14(2)11-20-9-6-15(12-20)10-18-16(21)19-13-17(22)7-4-3-5-8-17/h14-15,22H,3-13H2,1-2H3,(H2,18,19,21). The van der Waals surface area contributed by atoms with Gasteiger partial charge < -0.3 is 20.6 Å². The summed E-state index contributed by atoms with van der Waals surface area (Å²) < 4.78 is 0. The van der Waals surface area contributed by atoms with Crippen LogP contribution in [0.4, 0.5) is 4.79 Å². The van der Waals surface area contributed by atoms with Crippen molar-refractivity contribution in [2.24, 2.45) is 11.8 Å². The summed E-state index contributed by atoms with van der Waals surface area (Å²) >= 11 is 0. The summed E-state index contributed by atoms with van der Waals surface area (Å²) in [6.07, 6.45) is 6.10. The van der Waals surface area contributed by atoms with Crippen LogP contribution >= 0.6 is 0 Å². The van der Waals surface area contributed by atoms with E-state index in [4.69, 9.17) is 0 Å². The maximum Gasteiger partial charge on any atom is 0.314 e. The van der Waals surface area contributed by atoms with Gasteiger partial charge in [-0.3, -0.25) is 0 Å². The van der Waals surface area contributed by atoms with Gasteiger partial charge in [-0.2, -0.15) is 0 Å². The molecule has 1 unspecified atom stereocenters. The first-order valence-corrected chi connectivity index (χ1v) is 8.93. The number of hydrogen-bond donors (Lipinski definition) is 3. The number of likely N-dealkylation sites (tertiary alicyclic amines) is 1. The average Bonchev–Trinajstić information content (AvgIpc) is 2.90. The van der Waals surface area contributed by atoms with Crippen LogP contribution in [0, 0.1) is 11.8 Å². The highest BCUT2D eigenvalue weighted by Crippen LogP contribution is 2.27. The lowest BCUT2D eigenvalue weighted by molar-refractivity contribution is 0.00718.